The molecule has 0 radical (unpaired) electrons. The third kappa shape index (κ3) is 6.01. The van der Waals surface area contributed by atoms with E-state index in [-0.39, 0.29) is 11.8 Å². The molecule has 3 unspecified atom stereocenters. The molecular weight excluding hydrogens is 326 g/mol. The fourth-order valence-corrected chi connectivity index (χ4v) is 5.19. The highest BCUT2D eigenvalue weighted by Crippen LogP contribution is 2.18. The maximum atomic E-state index is 12.3. The minimum absolute atomic E-state index is 0.0127. The van der Waals surface area contributed by atoms with Crippen LogP contribution in [0, 0.1) is 17.8 Å². The Morgan fingerprint density at radius 1 is 1.25 bits per heavy atom. The number of carbonyl (C=O) groups is 1. The molecule has 24 heavy (non-hydrogen) atoms. The summed E-state index contributed by atoms with van der Waals surface area (Å²) in [6.07, 6.45) is 5.08. The van der Waals surface area contributed by atoms with E-state index in [1.165, 1.54) is 30.1 Å². The number of piperidine rings is 2. The van der Waals surface area contributed by atoms with Gasteiger partial charge in [-0.05, 0) is 19.3 Å². The van der Waals surface area contributed by atoms with Crippen LogP contribution in [0.1, 0.15) is 39.5 Å². The van der Waals surface area contributed by atoms with Gasteiger partial charge in [-0.3, -0.25) is 4.79 Å². The molecule has 7 heteroatoms. The van der Waals surface area contributed by atoms with E-state index < -0.39 is 10.0 Å². The van der Waals surface area contributed by atoms with Crippen LogP contribution in [0.4, 0.5) is 0 Å². The van der Waals surface area contributed by atoms with Gasteiger partial charge in [0.15, 0.2) is 0 Å². The molecule has 1 amide bonds. The number of amides is 1. The Morgan fingerprint density at radius 2 is 1.92 bits per heavy atom. The van der Waals surface area contributed by atoms with Crippen LogP contribution in [0.2, 0.25) is 0 Å². The zero-order chi connectivity index (χ0) is 17.7. The van der Waals surface area contributed by atoms with Crippen molar-refractivity contribution in [3.63, 3.8) is 0 Å². The SMILES string of the molecule is CC1CC(C)C[NH+](CCCNC(=O)C2CCCN(S(C)(=O)=O)C2)C1. The summed E-state index contributed by atoms with van der Waals surface area (Å²) >= 11 is 0. The number of nitrogens with one attached hydrogen (secondary N) is 2. The number of likely N-dealkylation sites (tertiary alicyclic amines) is 1. The summed E-state index contributed by atoms with van der Waals surface area (Å²) in [5.41, 5.74) is 0. The average Bonchev–Trinajstić information content (AvgIpc) is 2.50. The predicted molar refractivity (Wildman–Crippen MR) is 95.3 cm³/mol. The van der Waals surface area contributed by atoms with Crippen LogP contribution in [-0.2, 0) is 14.8 Å². The molecule has 0 aromatic carbocycles. The van der Waals surface area contributed by atoms with Gasteiger partial charge in [-0.2, -0.15) is 0 Å². The molecule has 2 fully saturated rings. The number of quaternary nitrogens is 1. The standard InChI is InChI=1S/C17H33N3O3S/c1-14-10-15(2)12-19(11-14)8-5-7-18-17(21)16-6-4-9-20(13-16)24(3,22)23/h14-16H,4-13H2,1-3H3,(H,18,21)/p+1. The minimum atomic E-state index is -3.19. The first-order valence-electron chi connectivity index (χ1n) is 9.32. The van der Waals surface area contributed by atoms with Crippen molar-refractivity contribution in [3.05, 3.63) is 0 Å². The number of sulfonamides is 1. The summed E-state index contributed by atoms with van der Waals surface area (Å²) in [6, 6.07) is 0. The molecule has 0 bridgehead atoms. The second-order valence-corrected chi connectivity index (χ2v) is 9.94. The second kappa shape index (κ2) is 8.63. The zero-order valence-corrected chi connectivity index (χ0v) is 16.2. The molecule has 2 aliphatic heterocycles. The highest BCUT2D eigenvalue weighted by atomic mass is 32.2. The van der Waals surface area contributed by atoms with Crippen LogP contribution >= 0.6 is 0 Å². The topological polar surface area (TPSA) is 70.9 Å². The lowest BCUT2D eigenvalue weighted by Gasteiger charge is -2.32. The third-order valence-electron chi connectivity index (χ3n) is 5.31. The van der Waals surface area contributed by atoms with Gasteiger partial charge in [0.05, 0.1) is 31.8 Å². The summed E-state index contributed by atoms with van der Waals surface area (Å²) in [6.45, 7) is 9.81. The Bertz CT molecular complexity index is 513. The van der Waals surface area contributed by atoms with Gasteiger partial charge in [0.25, 0.3) is 0 Å². The number of carbonyl (C=O) groups excluding carboxylic acids is 1. The van der Waals surface area contributed by atoms with Crippen LogP contribution in [0.25, 0.3) is 0 Å². The minimum Gasteiger partial charge on any atom is -0.356 e. The highest BCUT2D eigenvalue weighted by Gasteiger charge is 2.30. The Morgan fingerprint density at radius 3 is 2.54 bits per heavy atom. The zero-order valence-electron chi connectivity index (χ0n) is 15.4. The summed E-state index contributed by atoms with van der Waals surface area (Å²) < 4.78 is 24.7. The van der Waals surface area contributed by atoms with Crippen LogP contribution in [-0.4, -0.2) is 64.2 Å². The molecule has 0 aromatic heterocycles. The molecule has 0 saturated carbocycles. The quantitative estimate of drug-likeness (QED) is 0.641. The Balaban J connectivity index is 1.68. The highest BCUT2D eigenvalue weighted by molar-refractivity contribution is 7.88. The van der Waals surface area contributed by atoms with Crippen molar-refractivity contribution in [2.75, 3.05) is 45.5 Å². The molecule has 0 aromatic rings. The van der Waals surface area contributed by atoms with E-state index in [4.69, 9.17) is 0 Å². The van der Waals surface area contributed by atoms with E-state index in [2.05, 4.69) is 19.2 Å². The van der Waals surface area contributed by atoms with Crippen LogP contribution in [0.3, 0.4) is 0 Å². The van der Waals surface area contributed by atoms with Gasteiger partial charge in [0, 0.05) is 37.9 Å². The van der Waals surface area contributed by atoms with Crippen molar-refractivity contribution in [3.8, 4) is 0 Å². The summed E-state index contributed by atoms with van der Waals surface area (Å²) in [4.78, 5) is 13.9. The Hall–Kier alpha value is -0.660. The van der Waals surface area contributed by atoms with Gasteiger partial charge in [-0.25, -0.2) is 12.7 Å². The first-order valence-corrected chi connectivity index (χ1v) is 11.2. The molecule has 0 spiro atoms. The lowest BCUT2D eigenvalue weighted by molar-refractivity contribution is -0.912. The van der Waals surface area contributed by atoms with E-state index in [1.807, 2.05) is 0 Å². The third-order valence-corrected chi connectivity index (χ3v) is 6.58. The fraction of sp³-hybridized carbons (Fsp3) is 0.941. The predicted octanol–water partition coefficient (Wildman–Crippen LogP) is -0.275. The number of rotatable bonds is 6. The summed E-state index contributed by atoms with van der Waals surface area (Å²) in [5, 5.41) is 3.01. The van der Waals surface area contributed by atoms with Crippen molar-refractivity contribution in [1.29, 1.82) is 0 Å². The van der Waals surface area contributed by atoms with Crippen molar-refractivity contribution in [2.45, 2.75) is 39.5 Å². The molecule has 3 atom stereocenters. The smallest absolute Gasteiger partial charge is 0.224 e. The van der Waals surface area contributed by atoms with Crippen molar-refractivity contribution < 1.29 is 18.1 Å². The van der Waals surface area contributed by atoms with Gasteiger partial charge < -0.3 is 10.2 Å². The lowest BCUT2D eigenvalue weighted by atomic mass is 9.92. The van der Waals surface area contributed by atoms with Gasteiger partial charge in [0.2, 0.25) is 15.9 Å². The second-order valence-electron chi connectivity index (χ2n) is 7.96. The first kappa shape index (κ1) is 19.7. The molecule has 2 saturated heterocycles. The molecule has 140 valence electrons. The van der Waals surface area contributed by atoms with Crippen LogP contribution < -0.4 is 10.2 Å². The Labute approximate surface area is 147 Å². The van der Waals surface area contributed by atoms with E-state index in [0.29, 0.717) is 19.6 Å². The average molecular weight is 361 g/mol. The van der Waals surface area contributed by atoms with E-state index in [0.717, 1.165) is 37.6 Å². The number of hydrogen-bond acceptors (Lipinski definition) is 3. The summed E-state index contributed by atoms with van der Waals surface area (Å²) in [5.74, 6) is 1.40. The van der Waals surface area contributed by atoms with Gasteiger partial charge in [-0.15, -0.1) is 0 Å². The van der Waals surface area contributed by atoms with E-state index in [1.54, 1.807) is 4.90 Å². The number of hydrogen-bond donors (Lipinski definition) is 2. The van der Waals surface area contributed by atoms with Crippen molar-refractivity contribution >= 4 is 15.9 Å². The lowest BCUT2D eigenvalue weighted by Crippen LogP contribution is -3.14. The molecule has 2 rings (SSSR count). The normalized spacial score (nSPS) is 32.5. The fourth-order valence-electron chi connectivity index (χ4n) is 4.28. The molecule has 0 aliphatic carbocycles. The monoisotopic (exact) mass is 360 g/mol. The van der Waals surface area contributed by atoms with Gasteiger partial charge in [0.1, 0.15) is 0 Å². The molecule has 6 nitrogen and oxygen atoms in total. The van der Waals surface area contributed by atoms with Gasteiger partial charge in [-0.1, -0.05) is 13.8 Å². The van der Waals surface area contributed by atoms with Gasteiger partial charge >= 0.3 is 0 Å². The largest absolute Gasteiger partial charge is 0.356 e. The molecular formula is C17H34N3O3S+. The molecule has 2 aliphatic rings. The van der Waals surface area contributed by atoms with E-state index in [9.17, 15) is 13.2 Å². The maximum absolute atomic E-state index is 12.3. The first-order chi connectivity index (χ1) is 11.3. The van der Waals surface area contributed by atoms with Crippen LogP contribution in [0.5, 0.6) is 0 Å². The van der Waals surface area contributed by atoms with E-state index >= 15 is 0 Å². The summed E-state index contributed by atoms with van der Waals surface area (Å²) in [7, 11) is -3.19. The molecule has 2 heterocycles. The maximum Gasteiger partial charge on any atom is 0.224 e. The van der Waals surface area contributed by atoms with Crippen molar-refractivity contribution in [1.82, 2.24) is 9.62 Å². The Kier molecular flexibility index (Phi) is 7.07. The van der Waals surface area contributed by atoms with Crippen LogP contribution in [0.15, 0.2) is 0 Å². The number of nitrogens with zero attached hydrogens (tertiary/aromatic N) is 1. The molecule has 2 N–H and O–H groups in total. The van der Waals surface area contributed by atoms with Crippen molar-refractivity contribution in [2.24, 2.45) is 17.8 Å².